The Morgan fingerprint density at radius 2 is 1.83 bits per heavy atom. The first-order valence-corrected chi connectivity index (χ1v) is 9.54. The van der Waals surface area contributed by atoms with Gasteiger partial charge in [-0.2, -0.15) is 10.1 Å². The van der Waals surface area contributed by atoms with Gasteiger partial charge >= 0.3 is 5.69 Å². The summed E-state index contributed by atoms with van der Waals surface area (Å²) in [6.07, 6.45) is 0.916. The number of amides is 1. The molecule has 3 rings (SSSR count). The van der Waals surface area contributed by atoms with E-state index >= 15 is 0 Å². The van der Waals surface area contributed by atoms with Gasteiger partial charge in [0.25, 0.3) is 11.5 Å². The molecule has 0 atom stereocenters. The zero-order valence-corrected chi connectivity index (χ0v) is 18.0. The van der Waals surface area contributed by atoms with Crippen LogP contribution in [0.1, 0.15) is 11.3 Å². The lowest BCUT2D eigenvalue weighted by Gasteiger charge is -2.03. The molecule has 2 heterocycles. The molecule has 0 fully saturated rings. The number of nitrogens with two attached hydrogens (primary N) is 1. The van der Waals surface area contributed by atoms with Crippen LogP contribution in [-0.2, 0) is 32.4 Å². The normalized spacial score (nSPS) is 12.5. The molecule has 0 unspecified atom stereocenters. The molecule has 0 aliphatic rings. The third-order valence-electron chi connectivity index (χ3n) is 4.55. The number of rotatable bonds is 4. The van der Waals surface area contributed by atoms with Crippen LogP contribution in [-0.4, -0.2) is 35.8 Å². The smallest absolute Gasteiger partial charge is 0.332 e. The average Bonchev–Trinajstić information content (AvgIpc) is 3.01. The lowest BCUT2D eigenvalue weighted by Crippen LogP contribution is -2.37. The molecule has 0 radical (unpaired) electrons. The number of hydrogen-bond acceptors (Lipinski definition) is 5. The van der Waals surface area contributed by atoms with Crippen LogP contribution in [0.15, 0.2) is 49.4 Å². The van der Waals surface area contributed by atoms with E-state index in [0.29, 0.717) is 11.3 Å². The van der Waals surface area contributed by atoms with E-state index in [1.165, 1.54) is 29.4 Å². The van der Waals surface area contributed by atoms with Gasteiger partial charge in [0.15, 0.2) is 5.65 Å². The Balaban J connectivity index is 1.92. The molecule has 11 heteroatoms. The van der Waals surface area contributed by atoms with Crippen molar-refractivity contribution >= 4 is 44.5 Å². The number of aliphatic hydroxyl groups is 1. The van der Waals surface area contributed by atoms with E-state index in [4.69, 9.17) is 5.73 Å². The van der Waals surface area contributed by atoms with Crippen LogP contribution in [0.2, 0.25) is 0 Å². The highest BCUT2D eigenvalue weighted by atomic mass is 79.9. The summed E-state index contributed by atoms with van der Waals surface area (Å²) in [6, 6.07) is 6.85. The molecule has 156 valence electrons. The van der Waals surface area contributed by atoms with E-state index in [9.17, 15) is 19.5 Å². The van der Waals surface area contributed by atoms with Gasteiger partial charge in [-0.15, -0.1) is 0 Å². The first-order chi connectivity index (χ1) is 14.1. The van der Waals surface area contributed by atoms with Crippen LogP contribution in [0.5, 0.6) is 0 Å². The van der Waals surface area contributed by atoms with Crippen molar-refractivity contribution in [3.8, 4) is 0 Å². The quantitative estimate of drug-likeness (QED) is 0.325. The zero-order chi connectivity index (χ0) is 22.2. The Hall–Kier alpha value is -3.47. The third-order valence-corrected chi connectivity index (χ3v) is 5.08. The van der Waals surface area contributed by atoms with E-state index in [1.807, 2.05) is 0 Å². The van der Waals surface area contributed by atoms with Crippen molar-refractivity contribution in [1.29, 1.82) is 0 Å². The predicted molar refractivity (Wildman–Crippen MR) is 116 cm³/mol. The first kappa shape index (κ1) is 21.2. The number of fused-ring (bicyclic) bond motifs is 1. The number of carbonyl (C=O) groups is 1. The fourth-order valence-electron chi connectivity index (χ4n) is 2.97. The summed E-state index contributed by atoms with van der Waals surface area (Å²) in [6.45, 7) is 0. The molecule has 10 nitrogen and oxygen atoms in total. The maximum atomic E-state index is 12.5. The van der Waals surface area contributed by atoms with Gasteiger partial charge in [0.1, 0.15) is 17.0 Å². The van der Waals surface area contributed by atoms with Crippen LogP contribution < -0.4 is 17.0 Å². The van der Waals surface area contributed by atoms with Gasteiger partial charge in [-0.25, -0.2) is 4.79 Å². The van der Waals surface area contributed by atoms with Crippen LogP contribution >= 0.6 is 15.9 Å². The van der Waals surface area contributed by atoms with E-state index in [2.05, 4.69) is 26.0 Å². The molecule has 0 aliphatic carbocycles. The lowest BCUT2D eigenvalue weighted by atomic mass is 10.2. The number of halogens is 1. The van der Waals surface area contributed by atoms with E-state index in [-0.39, 0.29) is 29.0 Å². The molecular weight excluding hydrogens is 456 g/mol. The molecular formula is C19H19BrN6O4. The third kappa shape index (κ3) is 3.96. The van der Waals surface area contributed by atoms with Crippen molar-refractivity contribution in [2.75, 3.05) is 0 Å². The minimum atomic E-state index is -0.631. The number of nitrogens with zero attached hydrogens (tertiary/aromatic N) is 5. The summed E-state index contributed by atoms with van der Waals surface area (Å²) in [5.41, 5.74) is 5.70. The van der Waals surface area contributed by atoms with Crippen LogP contribution in [0.4, 0.5) is 0 Å². The van der Waals surface area contributed by atoms with E-state index < -0.39 is 17.2 Å². The Kier molecular flexibility index (Phi) is 5.74. The van der Waals surface area contributed by atoms with Crippen molar-refractivity contribution in [2.45, 2.75) is 6.42 Å². The average molecular weight is 475 g/mol. The minimum absolute atomic E-state index is 0.147. The highest BCUT2D eigenvalue weighted by Crippen LogP contribution is 2.16. The SMILES string of the molecule is Cn1nc2c(c1CC(=O)N=C(N)/C=C(\O)c1ccc(Br)cc1)c(=O)n(C)c(=O)n2C. The number of aromatic nitrogens is 4. The maximum absolute atomic E-state index is 12.5. The Labute approximate surface area is 178 Å². The summed E-state index contributed by atoms with van der Waals surface area (Å²) in [4.78, 5) is 40.8. The largest absolute Gasteiger partial charge is 0.507 e. The molecule has 2 aromatic heterocycles. The van der Waals surface area contributed by atoms with E-state index in [0.717, 1.165) is 9.04 Å². The van der Waals surface area contributed by atoms with Gasteiger partial charge in [0.2, 0.25) is 0 Å². The number of aliphatic imine (C=N–C) groups is 1. The van der Waals surface area contributed by atoms with Crippen molar-refractivity contribution in [1.82, 2.24) is 18.9 Å². The van der Waals surface area contributed by atoms with Gasteiger partial charge in [0.05, 0.1) is 12.1 Å². The summed E-state index contributed by atoms with van der Waals surface area (Å²) in [5.74, 6) is -0.966. The molecule has 0 spiro atoms. The number of hydrogen-bond donors (Lipinski definition) is 2. The number of carbonyl (C=O) groups excluding carboxylic acids is 1. The molecule has 0 bridgehead atoms. The summed E-state index contributed by atoms with van der Waals surface area (Å²) in [5, 5.41) is 14.5. The fourth-order valence-corrected chi connectivity index (χ4v) is 3.24. The molecule has 0 saturated carbocycles. The molecule has 1 amide bonds. The highest BCUT2D eigenvalue weighted by Gasteiger charge is 2.20. The first-order valence-electron chi connectivity index (χ1n) is 8.75. The Morgan fingerprint density at radius 3 is 2.47 bits per heavy atom. The fraction of sp³-hybridized carbons (Fsp3) is 0.211. The topological polar surface area (TPSA) is 138 Å². The maximum Gasteiger partial charge on any atom is 0.332 e. The molecule has 0 aliphatic heterocycles. The second-order valence-electron chi connectivity index (χ2n) is 6.62. The van der Waals surface area contributed by atoms with Crippen LogP contribution in [0, 0.1) is 0 Å². The Morgan fingerprint density at radius 1 is 1.20 bits per heavy atom. The minimum Gasteiger partial charge on any atom is -0.507 e. The second-order valence-corrected chi connectivity index (χ2v) is 7.53. The van der Waals surface area contributed by atoms with Gasteiger partial charge in [-0.05, 0) is 12.1 Å². The molecule has 0 saturated heterocycles. The standard InChI is InChI=1S/C19H19BrN6O4/c1-24-17-16(18(29)25(2)19(24)30)12(26(3)23-17)8-15(28)22-14(21)9-13(27)10-4-6-11(20)7-5-10/h4-7,9,27H,8H2,1-3H3,(H2,21,22,28)/b13-9-. The molecule has 3 N–H and O–H groups in total. The molecule has 1 aromatic carbocycles. The zero-order valence-electron chi connectivity index (χ0n) is 16.5. The van der Waals surface area contributed by atoms with Crippen LogP contribution in [0.25, 0.3) is 16.8 Å². The van der Waals surface area contributed by atoms with E-state index in [1.54, 1.807) is 31.3 Å². The summed E-state index contributed by atoms with van der Waals surface area (Å²) < 4.78 is 4.41. The van der Waals surface area contributed by atoms with Gasteiger partial charge in [0, 0.05) is 37.3 Å². The van der Waals surface area contributed by atoms with Crippen molar-refractivity contribution in [3.05, 3.63) is 66.9 Å². The summed E-state index contributed by atoms with van der Waals surface area (Å²) >= 11 is 3.30. The molecule has 3 aromatic rings. The van der Waals surface area contributed by atoms with Gasteiger partial charge in [-0.3, -0.25) is 23.4 Å². The van der Waals surface area contributed by atoms with Crippen molar-refractivity contribution < 1.29 is 9.90 Å². The number of aryl methyl sites for hydroxylation is 2. The second kappa shape index (κ2) is 8.11. The highest BCUT2D eigenvalue weighted by molar-refractivity contribution is 9.10. The van der Waals surface area contributed by atoms with Gasteiger partial charge in [-0.1, -0.05) is 28.1 Å². The molecule has 30 heavy (non-hydrogen) atoms. The van der Waals surface area contributed by atoms with Gasteiger partial charge < -0.3 is 10.8 Å². The van der Waals surface area contributed by atoms with Crippen LogP contribution in [0.3, 0.4) is 0 Å². The lowest BCUT2D eigenvalue weighted by molar-refractivity contribution is -0.117. The van der Waals surface area contributed by atoms with Crippen molar-refractivity contribution in [3.63, 3.8) is 0 Å². The monoisotopic (exact) mass is 474 g/mol. The summed E-state index contributed by atoms with van der Waals surface area (Å²) in [7, 11) is 4.42. The Bertz CT molecular complexity index is 1330. The number of aliphatic hydroxyl groups excluding tert-OH is 1. The number of benzene rings is 1. The predicted octanol–water partition coefficient (Wildman–Crippen LogP) is 0.759. The van der Waals surface area contributed by atoms with Crippen molar-refractivity contribution in [2.24, 2.45) is 31.9 Å². The number of amidine groups is 1.